The quantitative estimate of drug-likeness (QED) is 0.798. The van der Waals surface area contributed by atoms with Gasteiger partial charge in [0.25, 0.3) is 0 Å². The number of aromatic nitrogens is 2. The lowest BCUT2D eigenvalue weighted by molar-refractivity contribution is 0.0699. The van der Waals surface area contributed by atoms with Crippen molar-refractivity contribution in [3.8, 4) is 17.0 Å². The molecule has 0 radical (unpaired) electrons. The first kappa shape index (κ1) is 13.2. The summed E-state index contributed by atoms with van der Waals surface area (Å²) in [6.45, 7) is 2.55. The van der Waals surface area contributed by atoms with Crippen LogP contribution in [-0.4, -0.2) is 27.1 Å². The molecule has 106 valence electrons. The van der Waals surface area contributed by atoms with Crippen LogP contribution in [0, 0.1) is 0 Å². The molecule has 3 aromatic rings. The maximum Gasteiger partial charge on any atom is 0.339 e. The second kappa shape index (κ2) is 5.28. The molecule has 0 fully saturated rings. The van der Waals surface area contributed by atoms with E-state index in [1.54, 1.807) is 22.9 Å². The third-order valence-corrected chi connectivity index (χ3v) is 3.20. The molecule has 0 bridgehead atoms. The smallest absolute Gasteiger partial charge is 0.339 e. The van der Waals surface area contributed by atoms with Gasteiger partial charge in [-0.2, -0.15) is 0 Å². The van der Waals surface area contributed by atoms with Crippen molar-refractivity contribution < 1.29 is 14.6 Å². The number of aromatic carboxylic acids is 1. The summed E-state index contributed by atoms with van der Waals surface area (Å²) in [5.41, 5.74) is 2.28. The number of hydrogen-bond donors (Lipinski definition) is 1. The Balaban J connectivity index is 2.03. The van der Waals surface area contributed by atoms with E-state index in [2.05, 4.69) is 4.98 Å². The number of ether oxygens (including phenoxy) is 1. The van der Waals surface area contributed by atoms with Crippen molar-refractivity contribution >= 4 is 11.6 Å². The van der Waals surface area contributed by atoms with Crippen LogP contribution in [0.4, 0.5) is 0 Å². The van der Waals surface area contributed by atoms with Crippen LogP contribution in [0.15, 0.2) is 48.8 Å². The lowest BCUT2D eigenvalue weighted by Crippen LogP contribution is -1.98. The first-order valence-electron chi connectivity index (χ1n) is 6.63. The van der Waals surface area contributed by atoms with E-state index in [1.165, 1.54) is 0 Å². The van der Waals surface area contributed by atoms with E-state index in [0.29, 0.717) is 12.3 Å². The molecule has 1 aromatic carbocycles. The Bertz CT molecular complexity index is 791. The van der Waals surface area contributed by atoms with Crippen LogP contribution in [0.2, 0.25) is 0 Å². The molecular weight excluding hydrogens is 268 g/mol. The van der Waals surface area contributed by atoms with Gasteiger partial charge < -0.3 is 14.2 Å². The van der Waals surface area contributed by atoms with Gasteiger partial charge in [0, 0.05) is 18.0 Å². The first-order valence-corrected chi connectivity index (χ1v) is 6.63. The topological polar surface area (TPSA) is 63.8 Å². The van der Waals surface area contributed by atoms with Crippen molar-refractivity contribution in [3.63, 3.8) is 0 Å². The molecule has 1 N–H and O–H groups in total. The molecule has 0 unspecified atom stereocenters. The molecule has 0 spiro atoms. The molecule has 5 nitrogen and oxygen atoms in total. The van der Waals surface area contributed by atoms with Gasteiger partial charge in [-0.3, -0.25) is 0 Å². The Labute approximate surface area is 121 Å². The van der Waals surface area contributed by atoms with Gasteiger partial charge in [0.15, 0.2) is 5.65 Å². The van der Waals surface area contributed by atoms with E-state index in [4.69, 9.17) is 9.84 Å². The highest BCUT2D eigenvalue weighted by molar-refractivity contribution is 5.95. The number of hydrogen-bond acceptors (Lipinski definition) is 3. The normalized spacial score (nSPS) is 10.7. The Morgan fingerprint density at radius 2 is 1.90 bits per heavy atom. The molecule has 0 saturated carbocycles. The number of carbonyl (C=O) groups is 1. The minimum absolute atomic E-state index is 0.197. The average Bonchev–Trinajstić information content (AvgIpc) is 2.91. The van der Waals surface area contributed by atoms with Crippen molar-refractivity contribution in [2.24, 2.45) is 0 Å². The number of fused-ring (bicyclic) bond motifs is 1. The minimum Gasteiger partial charge on any atom is -0.494 e. The van der Waals surface area contributed by atoms with E-state index < -0.39 is 5.97 Å². The van der Waals surface area contributed by atoms with Crippen molar-refractivity contribution in [2.45, 2.75) is 6.92 Å². The van der Waals surface area contributed by atoms with Crippen LogP contribution in [0.1, 0.15) is 17.3 Å². The van der Waals surface area contributed by atoms with Gasteiger partial charge in [0.1, 0.15) is 11.3 Å². The van der Waals surface area contributed by atoms with E-state index in [0.717, 1.165) is 17.0 Å². The monoisotopic (exact) mass is 282 g/mol. The maximum absolute atomic E-state index is 11.2. The summed E-state index contributed by atoms with van der Waals surface area (Å²) in [7, 11) is 0. The molecule has 21 heavy (non-hydrogen) atoms. The van der Waals surface area contributed by atoms with Crippen LogP contribution in [0.3, 0.4) is 0 Å². The van der Waals surface area contributed by atoms with Crippen LogP contribution < -0.4 is 4.74 Å². The predicted octanol–water partition coefficient (Wildman–Crippen LogP) is 3.10. The molecule has 0 aliphatic carbocycles. The van der Waals surface area contributed by atoms with E-state index in [-0.39, 0.29) is 5.56 Å². The first-order chi connectivity index (χ1) is 10.2. The van der Waals surface area contributed by atoms with Crippen molar-refractivity contribution in [1.29, 1.82) is 0 Å². The van der Waals surface area contributed by atoms with Crippen LogP contribution in [-0.2, 0) is 0 Å². The zero-order valence-corrected chi connectivity index (χ0v) is 11.5. The molecule has 0 aliphatic heterocycles. The van der Waals surface area contributed by atoms with E-state index in [1.807, 2.05) is 37.3 Å². The molecule has 2 heterocycles. The van der Waals surface area contributed by atoms with Gasteiger partial charge in [-0.15, -0.1) is 0 Å². The van der Waals surface area contributed by atoms with Gasteiger partial charge in [-0.25, -0.2) is 9.78 Å². The van der Waals surface area contributed by atoms with Crippen molar-refractivity contribution in [2.75, 3.05) is 6.61 Å². The minimum atomic E-state index is -0.978. The van der Waals surface area contributed by atoms with Gasteiger partial charge in [0.05, 0.1) is 12.3 Å². The third kappa shape index (κ3) is 2.45. The summed E-state index contributed by atoms with van der Waals surface area (Å²) in [4.78, 5) is 15.6. The van der Waals surface area contributed by atoms with E-state index >= 15 is 0 Å². The maximum atomic E-state index is 11.2. The Morgan fingerprint density at radius 1 is 1.19 bits per heavy atom. The molecule has 5 heteroatoms. The van der Waals surface area contributed by atoms with Crippen LogP contribution >= 0.6 is 0 Å². The zero-order chi connectivity index (χ0) is 14.8. The summed E-state index contributed by atoms with van der Waals surface area (Å²) >= 11 is 0. The Kier molecular flexibility index (Phi) is 3.31. The molecular formula is C16H14N2O3. The number of rotatable bonds is 4. The summed E-state index contributed by atoms with van der Waals surface area (Å²) in [5.74, 6) is -0.176. The zero-order valence-electron chi connectivity index (χ0n) is 11.5. The summed E-state index contributed by atoms with van der Waals surface area (Å²) in [6.07, 6.45) is 3.49. The highest BCUT2D eigenvalue weighted by Gasteiger charge is 2.12. The number of carboxylic acid groups (broad SMARTS) is 1. The van der Waals surface area contributed by atoms with Crippen molar-refractivity contribution in [1.82, 2.24) is 9.38 Å². The SMILES string of the molecule is CCOc1ccc(-c2ccn3ccc(C(=O)O)c3n2)cc1. The molecule has 3 rings (SSSR count). The summed E-state index contributed by atoms with van der Waals surface area (Å²) in [6, 6.07) is 11.0. The molecule has 2 aromatic heterocycles. The van der Waals surface area contributed by atoms with Gasteiger partial charge in [0.2, 0.25) is 0 Å². The fraction of sp³-hybridized carbons (Fsp3) is 0.125. The fourth-order valence-corrected chi connectivity index (χ4v) is 2.20. The Morgan fingerprint density at radius 3 is 2.57 bits per heavy atom. The molecule has 0 amide bonds. The molecule has 0 atom stereocenters. The second-order valence-electron chi connectivity index (χ2n) is 4.54. The second-order valence-corrected chi connectivity index (χ2v) is 4.54. The van der Waals surface area contributed by atoms with Gasteiger partial charge >= 0.3 is 5.97 Å². The average molecular weight is 282 g/mol. The summed E-state index contributed by atoms with van der Waals surface area (Å²) in [5, 5.41) is 9.16. The van der Waals surface area contributed by atoms with Crippen LogP contribution in [0.5, 0.6) is 5.75 Å². The fourth-order valence-electron chi connectivity index (χ4n) is 2.20. The molecule has 0 aliphatic rings. The predicted molar refractivity (Wildman–Crippen MR) is 78.8 cm³/mol. The number of nitrogens with zero attached hydrogens (tertiary/aromatic N) is 2. The highest BCUT2D eigenvalue weighted by atomic mass is 16.5. The third-order valence-electron chi connectivity index (χ3n) is 3.20. The molecule has 0 saturated heterocycles. The Hall–Kier alpha value is -2.82. The van der Waals surface area contributed by atoms with Crippen molar-refractivity contribution in [3.05, 3.63) is 54.4 Å². The number of carboxylic acids is 1. The standard InChI is InChI=1S/C16H14N2O3/c1-2-21-12-5-3-11(4-6-12)14-8-10-18-9-7-13(16(19)20)15(18)17-14/h3-10H,2H2,1H3,(H,19,20). The van der Waals surface area contributed by atoms with Gasteiger partial charge in [-0.1, -0.05) is 0 Å². The lowest BCUT2D eigenvalue weighted by Gasteiger charge is -2.05. The number of benzene rings is 1. The van der Waals surface area contributed by atoms with Gasteiger partial charge in [-0.05, 0) is 43.3 Å². The van der Waals surface area contributed by atoms with Crippen LogP contribution in [0.25, 0.3) is 16.9 Å². The summed E-state index contributed by atoms with van der Waals surface area (Å²) < 4.78 is 7.10. The lowest BCUT2D eigenvalue weighted by atomic mass is 10.1. The highest BCUT2D eigenvalue weighted by Crippen LogP contribution is 2.22. The van der Waals surface area contributed by atoms with E-state index in [9.17, 15) is 4.79 Å². The largest absolute Gasteiger partial charge is 0.494 e.